The van der Waals surface area contributed by atoms with Crippen molar-refractivity contribution in [3.05, 3.63) is 59.4 Å². The summed E-state index contributed by atoms with van der Waals surface area (Å²) in [5, 5.41) is 2.97. The molecule has 0 heterocycles. The topological polar surface area (TPSA) is 38.3 Å². The molecule has 1 amide bonds. The van der Waals surface area contributed by atoms with Gasteiger partial charge in [0.05, 0.1) is 0 Å². The maximum absolute atomic E-state index is 12.9. The molecule has 23 heavy (non-hydrogen) atoms. The van der Waals surface area contributed by atoms with Gasteiger partial charge in [0.1, 0.15) is 11.6 Å². The number of hydrogen-bond acceptors (Lipinski definition) is 2. The lowest BCUT2D eigenvalue weighted by Gasteiger charge is -2.18. The summed E-state index contributed by atoms with van der Waals surface area (Å²) in [6, 6.07) is 11.7. The second-order valence-electron chi connectivity index (χ2n) is 5.36. The average Bonchev–Trinajstić information content (AvgIpc) is 2.56. The van der Waals surface area contributed by atoms with Gasteiger partial charge in [-0.3, -0.25) is 4.79 Å². The van der Waals surface area contributed by atoms with E-state index < -0.39 is 6.10 Å². The molecule has 0 saturated heterocycles. The van der Waals surface area contributed by atoms with Crippen LogP contribution in [0.25, 0.3) is 0 Å². The SMILES string of the molecule is CCc1cccc(CC)c1NC(=O)[C@@H](C)Oc1ccc(F)cc1. The Hall–Kier alpha value is -2.36. The normalized spacial score (nSPS) is 11.8. The first-order valence-electron chi connectivity index (χ1n) is 7.89. The number of ether oxygens (including phenoxy) is 1. The van der Waals surface area contributed by atoms with Crippen LogP contribution in [-0.2, 0) is 17.6 Å². The van der Waals surface area contributed by atoms with E-state index in [0.29, 0.717) is 5.75 Å². The van der Waals surface area contributed by atoms with E-state index in [-0.39, 0.29) is 11.7 Å². The molecule has 0 aliphatic heterocycles. The first kappa shape index (κ1) is 17.0. The second kappa shape index (κ2) is 7.77. The molecule has 0 radical (unpaired) electrons. The third-order valence-electron chi connectivity index (χ3n) is 3.74. The highest BCUT2D eigenvalue weighted by Crippen LogP contribution is 2.23. The quantitative estimate of drug-likeness (QED) is 0.860. The molecular weight excluding hydrogens is 293 g/mol. The predicted molar refractivity (Wildman–Crippen MR) is 90.3 cm³/mol. The van der Waals surface area contributed by atoms with Crippen molar-refractivity contribution in [1.82, 2.24) is 0 Å². The van der Waals surface area contributed by atoms with Gasteiger partial charge in [0.15, 0.2) is 6.10 Å². The van der Waals surface area contributed by atoms with E-state index in [2.05, 4.69) is 19.2 Å². The van der Waals surface area contributed by atoms with Crippen LogP contribution in [0.5, 0.6) is 5.75 Å². The first-order chi connectivity index (χ1) is 11.0. The predicted octanol–water partition coefficient (Wildman–Crippen LogP) is 4.36. The fraction of sp³-hybridized carbons (Fsp3) is 0.316. The number of rotatable bonds is 6. The highest BCUT2D eigenvalue weighted by atomic mass is 19.1. The first-order valence-corrected chi connectivity index (χ1v) is 7.89. The number of anilines is 1. The number of nitrogens with one attached hydrogen (secondary N) is 1. The van der Waals surface area contributed by atoms with Gasteiger partial charge >= 0.3 is 0 Å². The number of carbonyl (C=O) groups excluding carboxylic acids is 1. The summed E-state index contributed by atoms with van der Waals surface area (Å²) in [7, 11) is 0. The van der Waals surface area contributed by atoms with Crippen molar-refractivity contribution >= 4 is 11.6 Å². The van der Waals surface area contributed by atoms with Gasteiger partial charge in [0.2, 0.25) is 0 Å². The van der Waals surface area contributed by atoms with Crippen molar-refractivity contribution < 1.29 is 13.9 Å². The number of aryl methyl sites for hydroxylation is 2. The molecule has 0 aromatic heterocycles. The van der Waals surface area contributed by atoms with Gasteiger partial charge < -0.3 is 10.1 Å². The highest BCUT2D eigenvalue weighted by molar-refractivity contribution is 5.95. The van der Waals surface area contributed by atoms with Crippen LogP contribution >= 0.6 is 0 Å². The fourth-order valence-electron chi connectivity index (χ4n) is 2.40. The minimum atomic E-state index is -0.671. The zero-order valence-corrected chi connectivity index (χ0v) is 13.7. The Morgan fingerprint density at radius 2 is 1.65 bits per heavy atom. The molecule has 2 aromatic rings. The van der Waals surface area contributed by atoms with Gasteiger partial charge in [-0.2, -0.15) is 0 Å². The fourth-order valence-corrected chi connectivity index (χ4v) is 2.40. The Kier molecular flexibility index (Phi) is 5.74. The van der Waals surface area contributed by atoms with Crippen molar-refractivity contribution in [2.24, 2.45) is 0 Å². The lowest BCUT2D eigenvalue weighted by atomic mass is 10.0. The van der Waals surface area contributed by atoms with Gasteiger partial charge in [-0.1, -0.05) is 32.0 Å². The third kappa shape index (κ3) is 4.31. The maximum atomic E-state index is 12.9. The molecule has 1 atom stereocenters. The Morgan fingerprint density at radius 3 is 2.17 bits per heavy atom. The molecule has 0 bridgehead atoms. The van der Waals surface area contributed by atoms with E-state index >= 15 is 0 Å². The molecule has 1 N–H and O–H groups in total. The van der Waals surface area contributed by atoms with Gasteiger partial charge in [-0.05, 0) is 55.2 Å². The summed E-state index contributed by atoms with van der Waals surface area (Å²) >= 11 is 0. The number of carbonyl (C=O) groups is 1. The Balaban J connectivity index is 2.10. The summed E-state index contributed by atoms with van der Waals surface area (Å²) in [5.41, 5.74) is 3.08. The molecule has 3 nitrogen and oxygen atoms in total. The molecular formula is C19H22FNO2. The molecule has 122 valence electrons. The average molecular weight is 315 g/mol. The number of benzene rings is 2. The van der Waals surface area contributed by atoms with E-state index in [1.165, 1.54) is 24.3 Å². The van der Waals surface area contributed by atoms with Crippen LogP contribution in [0.15, 0.2) is 42.5 Å². The van der Waals surface area contributed by atoms with Crippen LogP contribution in [0.1, 0.15) is 31.9 Å². The Labute approximate surface area is 136 Å². The van der Waals surface area contributed by atoms with Crippen LogP contribution in [0.2, 0.25) is 0 Å². The van der Waals surface area contributed by atoms with Gasteiger partial charge in [-0.25, -0.2) is 4.39 Å². The van der Waals surface area contributed by atoms with Crippen LogP contribution in [-0.4, -0.2) is 12.0 Å². The summed E-state index contributed by atoms with van der Waals surface area (Å²) in [5.74, 6) is -0.0858. The smallest absolute Gasteiger partial charge is 0.265 e. The van der Waals surface area contributed by atoms with E-state index in [4.69, 9.17) is 4.74 Å². The molecule has 0 fully saturated rings. The standard InChI is InChI=1S/C19H22FNO2/c1-4-14-7-6-8-15(5-2)18(14)21-19(22)13(3)23-17-11-9-16(20)10-12-17/h6-13H,4-5H2,1-3H3,(H,21,22)/t13-/m1/s1. The van der Waals surface area contributed by atoms with Crippen molar-refractivity contribution in [1.29, 1.82) is 0 Å². The molecule has 4 heteroatoms. The van der Waals surface area contributed by atoms with E-state index in [1.807, 2.05) is 18.2 Å². The van der Waals surface area contributed by atoms with Crippen molar-refractivity contribution in [3.63, 3.8) is 0 Å². The van der Waals surface area contributed by atoms with E-state index in [1.54, 1.807) is 6.92 Å². The minimum absolute atomic E-state index is 0.218. The second-order valence-corrected chi connectivity index (χ2v) is 5.36. The van der Waals surface area contributed by atoms with Crippen molar-refractivity contribution in [2.45, 2.75) is 39.7 Å². The summed E-state index contributed by atoms with van der Waals surface area (Å²) in [4.78, 5) is 12.4. The molecule has 2 rings (SSSR count). The summed E-state index contributed by atoms with van der Waals surface area (Å²) in [6.45, 7) is 5.80. The monoisotopic (exact) mass is 315 g/mol. The molecule has 0 spiro atoms. The summed E-state index contributed by atoms with van der Waals surface area (Å²) < 4.78 is 18.5. The maximum Gasteiger partial charge on any atom is 0.265 e. The molecule has 0 saturated carbocycles. The highest BCUT2D eigenvalue weighted by Gasteiger charge is 2.17. The molecule has 0 unspecified atom stereocenters. The molecule has 2 aromatic carbocycles. The largest absolute Gasteiger partial charge is 0.481 e. The van der Waals surface area contributed by atoms with Gasteiger partial charge in [0.25, 0.3) is 5.91 Å². The number of amides is 1. The van der Waals surface area contributed by atoms with E-state index in [9.17, 15) is 9.18 Å². The van der Waals surface area contributed by atoms with E-state index in [0.717, 1.165) is 29.7 Å². The zero-order chi connectivity index (χ0) is 16.8. The zero-order valence-electron chi connectivity index (χ0n) is 13.7. The number of para-hydroxylation sites is 1. The Morgan fingerprint density at radius 1 is 1.09 bits per heavy atom. The van der Waals surface area contributed by atoms with Crippen LogP contribution in [0, 0.1) is 5.82 Å². The molecule has 0 aliphatic rings. The Bertz CT molecular complexity index is 645. The lowest BCUT2D eigenvalue weighted by molar-refractivity contribution is -0.122. The van der Waals surface area contributed by atoms with Crippen LogP contribution in [0.3, 0.4) is 0 Å². The van der Waals surface area contributed by atoms with Gasteiger partial charge in [-0.15, -0.1) is 0 Å². The number of halogens is 1. The van der Waals surface area contributed by atoms with Crippen LogP contribution < -0.4 is 10.1 Å². The lowest BCUT2D eigenvalue weighted by Crippen LogP contribution is -2.30. The third-order valence-corrected chi connectivity index (χ3v) is 3.74. The number of hydrogen-bond donors (Lipinski definition) is 1. The van der Waals surface area contributed by atoms with Crippen LogP contribution in [0.4, 0.5) is 10.1 Å². The minimum Gasteiger partial charge on any atom is -0.481 e. The summed E-state index contributed by atoms with van der Waals surface area (Å²) in [6.07, 6.45) is 1.02. The van der Waals surface area contributed by atoms with Gasteiger partial charge in [0, 0.05) is 5.69 Å². The van der Waals surface area contributed by atoms with Crippen molar-refractivity contribution in [3.8, 4) is 5.75 Å². The van der Waals surface area contributed by atoms with Crippen molar-refractivity contribution in [2.75, 3.05) is 5.32 Å². The molecule has 0 aliphatic carbocycles.